The van der Waals surface area contributed by atoms with Gasteiger partial charge in [0.05, 0.1) is 0 Å². The van der Waals surface area contributed by atoms with E-state index in [0.717, 1.165) is 17.5 Å². The number of aromatic amines is 1. The van der Waals surface area contributed by atoms with E-state index < -0.39 is 0 Å². The zero-order valence-corrected chi connectivity index (χ0v) is 10.5. The van der Waals surface area contributed by atoms with Crippen LogP contribution in [0.4, 0.5) is 0 Å². The Morgan fingerprint density at radius 2 is 1.74 bits per heavy atom. The third-order valence-corrected chi connectivity index (χ3v) is 3.46. The number of carbonyl (C=O) groups excluding carboxylic acids is 1. The van der Waals surface area contributed by atoms with Crippen molar-refractivity contribution >= 4 is 17.2 Å². The number of nitrogens with one attached hydrogen (secondary N) is 1. The fraction of sp³-hybridized carbons (Fsp3) is 0.118. The molecule has 0 aliphatic rings. The van der Waals surface area contributed by atoms with E-state index in [0.29, 0.717) is 6.42 Å². The maximum Gasteiger partial charge on any atom is 0.120 e. The van der Waals surface area contributed by atoms with Crippen molar-refractivity contribution < 1.29 is 4.79 Å². The number of rotatable bonds is 4. The summed E-state index contributed by atoms with van der Waals surface area (Å²) in [5.41, 5.74) is 3.38. The second kappa shape index (κ2) is 5.11. The fourth-order valence-corrected chi connectivity index (χ4v) is 2.51. The molecule has 0 saturated heterocycles. The summed E-state index contributed by atoms with van der Waals surface area (Å²) in [6, 6.07) is 20.5. The van der Waals surface area contributed by atoms with E-state index in [1.165, 1.54) is 10.9 Å². The molecule has 1 atom stereocenters. The first-order valence-electron chi connectivity index (χ1n) is 6.44. The average Bonchev–Trinajstić information content (AvgIpc) is 2.89. The number of carbonyl (C=O) groups is 1. The van der Waals surface area contributed by atoms with E-state index in [1.807, 2.05) is 30.3 Å². The largest absolute Gasteiger partial charge is 0.358 e. The Kier molecular flexibility index (Phi) is 3.15. The highest BCUT2D eigenvalue weighted by Crippen LogP contribution is 2.29. The Hall–Kier alpha value is -2.35. The molecule has 0 fully saturated rings. The van der Waals surface area contributed by atoms with Crippen molar-refractivity contribution in [2.75, 3.05) is 0 Å². The van der Waals surface area contributed by atoms with Gasteiger partial charge in [-0.1, -0.05) is 48.5 Å². The SMILES string of the molecule is O=CC[C@@H](c1ccccc1)c1cc2ccccc2[nH]1. The molecule has 0 bridgehead atoms. The third-order valence-electron chi connectivity index (χ3n) is 3.46. The lowest BCUT2D eigenvalue weighted by Crippen LogP contribution is -2.02. The van der Waals surface area contributed by atoms with Crippen LogP contribution in [0.1, 0.15) is 23.6 Å². The highest BCUT2D eigenvalue weighted by Gasteiger charge is 2.15. The van der Waals surface area contributed by atoms with Crippen molar-refractivity contribution in [3.8, 4) is 0 Å². The van der Waals surface area contributed by atoms with Gasteiger partial charge in [-0.15, -0.1) is 0 Å². The van der Waals surface area contributed by atoms with Gasteiger partial charge in [-0.3, -0.25) is 0 Å². The first-order valence-corrected chi connectivity index (χ1v) is 6.44. The van der Waals surface area contributed by atoms with Crippen LogP contribution >= 0.6 is 0 Å². The minimum Gasteiger partial charge on any atom is -0.358 e. The number of H-pyrrole nitrogens is 1. The monoisotopic (exact) mass is 249 g/mol. The molecular weight excluding hydrogens is 234 g/mol. The molecule has 1 aromatic heterocycles. The number of aldehydes is 1. The van der Waals surface area contributed by atoms with Crippen LogP contribution < -0.4 is 0 Å². The normalized spacial score (nSPS) is 12.4. The number of hydrogen-bond acceptors (Lipinski definition) is 1. The van der Waals surface area contributed by atoms with Crippen molar-refractivity contribution in [3.05, 3.63) is 71.9 Å². The van der Waals surface area contributed by atoms with Crippen molar-refractivity contribution in [2.45, 2.75) is 12.3 Å². The van der Waals surface area contributed by atoms with Crippen LogP contribution in [0.3, 0.4) is 0 Å². The highest BCUT2D eigenvalue weighted by molar-refractivity contribution is 5.80. The molecule has 19 heavy (non-hydrogen) atoms. The van der Waals surface area contributed by atoms with E-state index in [4.69, 9.17) is 0 Å². The summed E-state index contributed by atoms with van der Waals surface area (Å²) < 4.78 is 0. The van der Waals surface area contributed by atoms with Gasteiger partial charge >= 0.3 is 0 Å². The van der Waals surface area contributed by atoms with E-state index >= 15 is 0 Å². The smallest absolute Gasteiger partial charge is 0.120 e. The lowest BCUT2D eigenvalue weighted by atomic mass is 9.93. The van der Waals surface area contributed by atoms with E-state index in [9.17, 15) is 4.79 Å². The molecule has 0 radical (unpaired) electrons. The topological polar surface area (TPSA) is 32.9 Å². The van der Waals surface area contributed by atoms with Gasteiger partial charge in [-0.05, 0) is 23.1 Å². The molecule has 0 saturated carbocycles. The van der Waals surface area contributed by atoms with Gasteiger partial charge in [-0.2, -0.15) is 0 Å². The summed E-state index contributed by atoms with van der Waals surface area (Å²) in [5.74, 6) is 0.103. The average molecular weight is 249 g/mol. The molecule has 0 aliphatic heterocycles. The Morgan fingerprint density at radius 3 is 2.47 bits per heavy atom. The number of benzene rings is 2. The first kappa shape index (κ1) is 11.7. The van der Waals surface area contributed by atoms with E-state index in [2.05, 4.69) is 35.3 Å². The van der Waals surface area contributed by atoms with Gasteiger partial charge in [0, 0.05) is 23.5 Å². The maximum atomic E-state index is 11.0. The zero-order chi connectivity index (χ0) is 13.1. The second-order valence-corrected chi connectivity index (χ2v) is 4.68. The lowest BCUT2D eigenvalue weighted by Gasteiger charge is -2.12. The Morgan fingerprint density at radius 1 is 1.00 bits per heavy atom. The molecule has 0 spiro atoms. The molecule has 0 unspecified atom stereocenters. The van der Waals surface area contributed by atoms with Crippen molar-refractivity contribution in [1.29, 1.82) is 0 Å². The van der Waals surface area contributed by atoms with Gasteiger partial charge < -0.3 is 9.78 Å². The number of para-hydroxylation sites is 1. The van der Waals surface area contributed by atoms with Crippen LogP contribution in [0.2, 0.25) is 0 Å². The maximum absolute atomic E-state index is 11.0. The fourth-order valence-electron chi connectivity index (χ4n) is 2.51. The molecule has 2 aromatic carbocycles. The third kappa shape index (κ3) is 2.29. The van der Waals surface area contributed by atoms with Gasteiger partial charge in [0.2, 0.25) is 0 Å². The summed E-state index contributed by atoms with van der Waals surface area (Å²) >= 11 is 0. The lowest BCUT2D eigenvalue weighted by molar-refractivity contribution is -0.108. The minimum absolute atomic E-state index is 0.103. The molecule has 1 N–H and O–H groups in total. The molecule has 94 valence electrons. The van der Waals surface area contributed by atoms with Crippen molar-refractivity contribution in [1.82, 2.24) is 4.98 Å². The molecule has 3 aromatic rings. The predicted molar refractivity (Wildman–Crippen MR) is 77.3 cm³/mol. The van der Waals surface area contributed by atoms with Crippen molar-refractivity contribution in [2.24, 2.45) is 0 Å². The number of hydrogen-bond donors (Lipinski definition) is 1. The molecular formula is C17H15NO. The van der Waals surface area contributed by atoms with Crippen LogP contribution in [0.15, 0.2) is 60.7 Å². The van der Waals surface area contributed by atoms with Gasteiger partial charge in [0.25, 0.3) is 0 Å². The summed E-state index contributed by atoms with van der Waals surface area (Å²) in [5, 5.41) is 1.18. The van der Waals surface area contributed by atoms with Crippen LogP contribution in [-0.2, 0) is 4.79 Å². The number of fused-ring (bicyclic) bond motifs is 1. The van der Waals surface area contributed by atoms with Gasteiger partial charge in [-0.25, -0.2) is 0 Å². The molecule has 0 amide bonds. The van der Waals surface area contributed by atoms with Gasteiger partial charge in [0.15, 0.2) is 0 Å². The Labute approximate surface area is 112 Å². The van der Waals surface area contributed by atoms with Crippen LogP contribution in [0.5, 0.6) is 0 Å². The van der Waals surface area contributed by atoms with Crippen LogP contribution in [0, 0.1) is 0 Å². The Bertz CT molecular complexity index is 652. The Balaban J connectivity index is 2.06. The van der Waals surface area contributed by atoms with Crippen LogP contribution in [0.25, 0.3) is 10.9 Å². The summed E-state index contributed by atoms with van der Waals surface area (Å²) in [7, 11) is 0. The molecule has 2 heteroatoms. The highest BCUT2D eigenvalue weighted by atomic mass is 16.1. The summed E-state index contributed by atoms with van der Waals surface area (Å²) in [6.45, 7) is 0. The van der Waals surface area contributed by atoms with E-state index in [1.54, 1.807) is 0 Å². The zero-order valence-electron chi connectivity index (χ0n) is 10.5. The van der Waals surface area contributed by atoms with Crippen molar-refractivity contribution in [3.63, 3.8) is 0 Å². The van der Waals surface area contributed by atoms with Crippen LogP contribution in [-0.4, -0.2) is 11.3 Å². The minimum atomic E-state index is 0.103. The second-order valence-electron chi connectivity index (χ2n) is 4.68. The molecule has 0 aliphatic carbocycles. The molecule has 3 rings (SSSR count). The predicted octanol–water partition coefficient (Wildman–Crippen LogP) is 3.89. The summed E-state index contributed by atoms with van der Waals surface area (Å²) in [4.78, 5) is 14.4. The van der Waals surface area contributed by atoms with Gasteiger partial charge in [0.1, 0.15) is 6.29 Å². The quantitative estimate of drug-likeness (QED) is 0.699. The van der Waals surface area contributed by atoms with E-state index in [-0.39, 0.29) is 5.92 Å². The number of aromatic nitrogens is 1. The molecule has 2 nitrogen and oxygen atoms in total. The summed E-state index contributed by atoms with van der Waals surface area (Å²) in [6.07, 6.45) is 1.49. The standard InChI is InChI=1S/C17H15NO/c19-11-10-15(13-6-2-1-3-7-13)17-12-14-8-4-5-9-16(14)18-17/h1-9,11-12,15,18H,10H2/t15-/m0/s1. The first-order chi connectivity index (χ1) is 9.38. The molecule has 1 heterocycles.